The third-order valence-corrected chi connectivity index (χ3v) is 16.8. The van der Waals surface area contributed by atoms with Crippen LogP contribution in [0.3, 0.4) is 0 Å². The molecule has 6 aliphatic carbocycles. The standard InChI is InChI=1S/C61H50N2/c1-60(2)54-15-7-3-11-48(54)50-29-27-46(36-56(50)60)62(47-28-30-51-49-12-4-8-16-55(49)61(57(51)37-47)42-32-38-31-39(34-42)35-43(61)33-38)44-23-19-40(20-24-44)41-21-25-45(26-22-41)63-58-17-9-5-13-52(58)53-14-6-10-18-59(53)63/h3-30,36-39,42-43H,31-35H2,1-2H3/t38-,39?,42-,43+,61?. The molecular formula is C61H50N2. The summed E-state index contributed by atoms with van der Waals surface area (Å²) < 4.78 is 2.40. The van der Waals surface area contributed by atoms with Gasteiger partial charge in [-0.2, -0.15) is 0 Å². The zero-order valence-electron chi connectivity index (χ0n) is 36.1. The summed E-state index contributed by atoms with van der Waals surface area (Å²) in [5.74, 6) is 3.27. The van der Waals surface area contributed by atoms with E-state index in [2.05, 4.69) is 205 Å². The first kappa shape index (κ1) is 35.9. The molecule has 0 saturated heterocycles. The van der Waals surface area contributed by atoms with Crippen LogP contribution >= 0.6 is 0 Å². The van der Waals surface area contributed by atoms with Crippen molar-refractivity contribution >= 4 is 38.9 Å². The molecular weight excluding hydrogens is 761 g/mol. The van der Waals surface area contributed by atoms with Crippen LogP contribution in [0, 0.1) is 23.7 Å². The van der Waals surface area contributed by atoms with E-state index >= 15 is 0 Å². The molecule has 0 amide bonds. The lowest BCUT2D eigenvalue weighted by molar-refractivity contribution is -0.0399. The van der Waals surface area contributed by atoms with Crippen molar-refractivity contribution < 1.29 is 0 Å². The van der Waals surface area contributed by atoms with E-state index in [-0.39, 0.29) is 10.8 Å². The maximum Gasteiger partial charge on any atom is 0.0541 e. The van der Waals surface area contributed by atoms with Gasteiger partial charge in [0.25, 0.3) is 0 Å². The molecule has 0 aliphatic heterocycles. The zero-order chi connectivity index (χ0) is 41.6. The number of hydrogen-bond acceptors (Lipinski definition) is 1. The molecule has 2 heteroatoms. The fourth-order valence-electron chi connectivity index (χ4n) is 14.4. The molecule has 63 heavy (non-hydrogen) atoms. The molecule has 1 aromatic heterocycles. The number of benzene rings is 8. The molecule has 8 aromatic carbocycles. The quantitative estimate of drug-likeness (QED) is 0.168. The summed E-state index contributed by atoms with van der Waals surface area (Å²) in [6, 6.07) is 69.3. The summed E-state index contributed by atoms with van der Waals surface area (Å²) in [5.41, 5.74) is 21.4. The maximum atomic E-state index is 2.64. The summed E-state index contributed by atoms with van der Waals surface area (Å²) in [5, 5.41) is 2.57. The lowest BCUT2D eigenvalue weighted by atomic mass is 9.43. The van der Waals surface area contributed by atoms with Gasteiger partial charge in [0.2, 0.25) is 0 Å². The number of rotatable bonds is 5. The van der Waals surface area contributed by atoms with E-state index in [0.29, 0.717) is 0 Å². The average Bonchev–Trinajstić information content (AvgIpc) is 3.89. The third kappa shape index (κ3) is 4.90. The molecule has 0 unspecified atom stereocenters. The predicted octanol–water partition coefficient (Wildman–Crippen LogP) is 15.9. The molecule has 2 nitrogen and oxygen atoms in total. The van der Waals surface area contributed by atoms with Gasteiger partial charge in [-0.1, -0.05) is 135 Å². The van der Waals surface area contributed by atoms with Crippen molar-refractivity contribution in [2.24, 2.45) is 23.7 Å². The van der Waals surface area contributed by atoms with Crippen LogP contribution in [0.15, 0.2) is 182 Å². The molecule has 1 heterocycles. The minimum absolute atomic E-state index is 0.0904. The minimum atomic E-state index is -0.0904. The van der Waals surface area contributed by atoms with Crippen LogP contribution in [0.4, 0.5) is 17.1 Å². The topological polar surface area (TPSA) is 8.17 Å². The van der Waals surface area contributed by atoms with Crippen LogP contribution in [0.5, 0.6) is 0 Å². The van der Waals surface area contributed by atoms with Gasteiger partial charge in [-0.3, -0.25) is 0 Å². The van der Waals surface area contributed by atoms with Crippen molar-refractivity contribution in [2.45, 2.75) is 56.8 Å². The second-order valence-electron chi connectivity index (χ2n) is 20.1. The first-order valence-corrected chi connectivity index (χ1v) is 23.4. The van der Waals surface area contributed by atoms with Crippen LogP contribution < -0.4 is 4.90 Å². The molecule has 0 radical (unpaired) electrons. The average molecular weight is 811 g/mol. The lowest BCUT2D eigenvalue weighted by Crippen LogP contribution is -2.55. The van der Waals surface area contributed by atoms with Crippen molar-refractivity contribution in [2.75, 3.05) is 4.90 Å². The highest BCUT2D eigenvalue weighted by atomic mass is 15.1. The third-order valence-electron chi connectivity index (χ3n) is 16.8. The normalized spacial score (nSPS) is 23.0. The van der Waals surface area contributed by atoms with Crippen molar-refractivity contribution in [1.82, 2.24) is 4.57 Å². The largest absolute Gasteiger partial charge is 0.310 e. The van der Waals surface area contributed by atoms with Crippen LogP contribution in [0.2, 0.25) is 0 Å². The van der Waals surface area contributed by atoms with Gasteiger partial charge < -0.3 is 9.47 Å². The highest BCUT2D eigenvalue weighted by Gasteiger charge is 2.61. The van der Waals surface area contributed by atoms with E-state index < -0.39 is 0 Å². The van der Waals surface area contributed by atoms with E-state index in [1.54, 1.807) is 11.1 Å². The Balaban J connectivity index is 0.893. The molecule has 0 atom stereocenters. The van der Waals surface area contributed by atoms with Gasteiger partial charge in [0, 0.05) is 44.4 Å². The van der Waals surface area contributed by atoms with E-state index in [0.717, 1.165) is 23.7 Å². The Labute approximate surface area is 370 Å². The van der Waals surface area contributed by atoms with Crippen LogP contribution in [-0.2, 0) is 10.8 Å². The molecule has 304 valence electrons. The highest BCUT2D eigenvalue weighted by Crippen LogP contribution is 2.69. The van der Waals surface area contributed by atoms with Gasteiger partial charge in [-0.25, -0.2) is 0 Å². The van der Waals surface area contributed by atoms with Crippen molar-refractivity contribution in [3.05, 3.63) is 204 Å². The highest BCUT2D eigenvalue weighted by molar-refractivity contribution is 6.09. The van der Waals surface area contributed by atoms with E-state index in [1.165, 1.54) is 121 Å². The fourth-order valence-corrected chi connectivity index (χ4v) is 14.4. The minimum Gasteiger partial charge on any atom is -0.310 e. The molecule has 4 saturated carbocycles. The SMILES string of the molecule is CC1(C)c2ccccc2-c2ccc(N(c3ccc(-c4ccc(-n5c6ccccc6c6ccccc65)cc4)cc3)c3ccc4c(c3)C3(c5ccccc5-4)[C@H]4CC5C[C@H](C4)C[C@H]3C5)cc21. The monoisotopic (exact) mass is 810 g/mol. The van der Waals surface area contributed by atoms with Gasteiger partial charge in [-0.15, -0.1) is 0 Å². The number of anilines is 3. The van der Waals surface area contributed by atoms with Crippen LogP contribution in [-0.4, -0.2) is 4.57 Å². The Morgan fingerprint density at radius 1 is 0.413 bits per heavy atom. The lowest BCUT2D eigenvalue weighted by Gasteiger charge is -2.61. The molecule has 6 aliphatic rings. The summed E-state index contributed by atoms with van der Waals surface area (Å²) in [6.07, 6.45) is 7.00. The smallest absolute Gasteiger partial charge is 0.0541 e. The van der Waals surface area contributed by atoms with Gasteiger partial charge >= 0.3 is 0 Å². The molecule has 9 aromatic rings. The maximum absolute atomic E-state index is 2.64. The van der Waals surface area contributed by atoms with Crippen LogP contribution in [0.25, 0.3) is 60.9 Å². The van der Waals surface area contributed by atoms with Gasteiger partial charge in [0.05, 0.1) is 11.0 Å². The number of hydrogen-bond donors (Lipinski definition) is 0. The summed E-state index contributed by atoms with van der Waals surface area (Å²) in [6.45, 7) is 4.80. The number of nitrogens with zero attached hydrogens (tertiary/aromatic N) is 2. The van der Waals surface area contributed by atoms with Gasteiger partial charge in [-0.05, 0) is 172 Å². The number of para-hydroxylation sites is 2. The first-order chi connectivity index (χ1) is 30.9. The Kier molecular flexibility index (Phi) is 7.38. The Hall–Kier alpha value is -6.64. The summed E-state index contributed by atoms with van der Waals surface area (Å²) in [4.78, 5) is 2.56. The first-order valence-electron chi connectivity index (χ1n) is 23.4. The van der Waals surface area contributed by atoms with Gasteiger partial charge in [0.1, 0.15) is 0 Å². The number of fused-ring (bicyclic) bond motifs is 9. The van der Waals surface area contributed by atoms with E-state index in [1.807, 2.05) is 0 Å². The van der Waals surface area contributed by atoms with E-state index in [4.69, 9.17) is 0 Å². The Morgan fingerprint density at radius 2 is 0.873 bits per heavy atom. The second-order valence-corrected chi connectivity index (χ2v) is 20.1. The van der Waals surface area contributed by atoms with Crippen molar-refractivity contribution in [3.63, 3.8) is 0 Å². The van der Waals surface area contributed by atoms with Gasteiger partial charge in [0.15, 0.2) is 0 Å². The Morgan fingerprint density at radius 3 is 1.49 bits per heavy atom. The summed E-state index contributed by atoms with van der Waals surface area (Å²) >= 11 is 0. The molecule has 4 fully saturated rings. The van der Waals surface area contributed by atoms with Crippen molar-refractivity contribution in [1.29, 1.82) is 0 Å². The molecule has 15 rings (SSSR count). The van der Waals surface area contributed by atoms with Crippen LogP contribution in [0.1, 0.15) is 68.2 Å². The second kappa shape index (κ2) is 13.0. The summed E-state index contributed by atoms with van der Waals surface area (Å²) in [7, 11) is 0. The fraction of sp³-hybridized carbons (Fsp3) is 0.213. The Bertz CT molecular complexity index is 3240. The molecule has 1 spiro atoms. The van der Waals surface area contributed by atoms with Crippen molar-refractivity contribution in [3.8, 4) is 39.1 Å². The molecule has 4 bridgehead atoms. The number of aromatic nitrogens is 1. The zero-order valence-corrected chi connectivity index (χ0v) is 36.1. The molecule has 0 N–H and O–H groups in total. The predicted molar refractivity (Wildman–Crippen MR) is 262 cm³/mol. The van der Waals surface area contributed by atoms with E-state index in [9.17, 15) is 0 Å².